The van der Waals surface area contributed by atoms with Crippen LogP contribution in [0.5, 0.6) is 5.75 Å². The average Bonchev–Trinajstić information content (AvgIpc) is 2.73. The molecule has 1 saturated heterocycles. The molecule has 0 radical (unpaired) electrons. The maximum atomic E-state index is 12.3. The second kappa shape index (κ2) is 8.93. The molecule has 2 fully saturated rings. The van der Waals surface area contributed by atoms with Crippen molar-refractivity contribution in [3.63, 3.8) is 0 Å². The van der Waals surface area contributed by atoms with E-state index in [0.29, 0.717) is 6.04 Å². The molecule has 2 aromatic rings. The third-order valence-electron chi connectivity index (χ3n) is 6.15. The lowest BCUT2D eigenvalue weighted by Gasteiger charge is -2.41. The maximum Gasteiger partial charge on any atom is 0.258 e. The van der Waals surface area contributed by atoms with Gasteiger partial charge in [0.15, 0.2) is 6.61 Å². The van der Waals surface area contributed by atoms with E-state index in [4.69, 9.17) is 4.74 Å². The zero-order valence-electron chi connectivity index (χ0n) is 16.3. The van der Waals surface area contributed by atoms with Crippen LogP contribution in [0.15, 0.2) is 42.5 Å². The molecular weight excluding hydrogens is 352 g/mol. The minimum absolute atomic E-state index is 0.0416. The number of ether oxygens (including phenoxy) is 1. The first kappa shape index (κ1) is 19.2. The highest BCUT2D eigenvalue weighted by molar-refractivity contribution is 5.84. The zero-order chi connectivity index (χ0) is 19.3. The van der Waals surface area contributed by atoms with Crippen LogP contribution in [0.25, 0.3) is 10.8 Å². The van der Waals surface area contributed by atoms with E-state index in [1.54, 1.807) is 0 Å². The Morgan fingerprint density at radius 2 is 1.79 bits per heavy atom. The summed E-state index contributed by atoms with van der Waals surface area (Å²) in [6.45, 7) is 1.93. The quantitative estimate of drug-likeness (QED) is 0.834. The number of nitrogens with one attached hydrogen (secondary N) is 1. The number of aliphatic hydroxyl groups excluding tert-OH is 1. The van der Waals surface area contributed by atoms with Crippen molar-refractivity contribution in [1.82, 2.24) is 10.2 Å². The third kappa shape index (κ3) is 4.65. The van der Waals surface area contributed by atoms with Gasteiger partial charge in [0.1, 0.15) is 5.75 Å². The largest absolute Gasteiger partial charge is 0.484 e. The molecule has 28 heavy (non-hydrogen) atoms. The van der Waals surface area contributed by atoms with Crippen LogP contribution in [0.3, 0.4) is 0 Å². The molecule has 4 rings (SSSR count). The average molecular weight is 383 g/mol. The summed E-state index contributed by atoms with van der Waals surface area (Å²) < 4.78 is 5.69. The lowest BCUT2D eigenvalue weighted by atomic mass is 9.89. The normalized spacial score (nSPS) is 24.2. The van der Waals surface area contributed by atoms with E-state index in [0.717, 1.165) is 61.7 Å². The fraction of sp³-hybridized carbons (Fsp3) is 0.522. The van der Waals surface area contributed by atoms with Crippen LogP contribution in [0, 0.1) is 0 Å². The highest BCUT2D eigenvalue weighted by atomic mass is 16.5. The summed E-state index contributed by atoms with van der Waals surface area (Å²) in [5.74, 6) is 0.652. The van der Waals surface area contributed by atoms with Gasteiger partial charge in [-0.1, -0.05) is 43.2 Å². The smallest absolute Gasteiger partial charge is 0.258 e. The van der Waals surface area contributed by atoms with Gasteiger partial charge >= 0.3 is 0 Å². The van der Waals surface area contributed by atoms with Gasteiger partial charge in [-0.25, -0.2) is 0 Å². The number of aliphatic hydroxyl groups is 1. The van der Waals surface area contributed by atoms with Crippen LogP contribution in [0.4, 0.5) is 0 Å². The van der Waals surface area contributed by atoms with E-state index in [2.05, 4.69) is 16.3 Å². The summed E-state index contributed by atoms with van der Waals surface area (Å²) in [4.78, 5) is 14.7. The topological polar surface area (TPSA) is 61.8 Å². The molecule has 0 spiro atoms. The highest BCUT2D eigenvalue weighted by Crippen LogP contribution is 2.26. The second-order valence-electron chi connectivity index (χ2n) is 8.09. The number of fused-ring (bicyclic) bond motifs is 1. The van der Waals surface area contributed by atoms with Crippen LogP contribution >= 0.6 is 0 Å². The molecule has 1 aliphatic carbocycles. The molecule has 2 aromatic carbocycles. The van der Waals surface area contributed by atoms with Gasteiger partial charge in [-0.2, -0.15) is 0 Å². The van der Waals surface area contributed by atoms with Crippen molar-refractivity contribution in [3.8, 4) is 5.75 Å². The van der Waals surface area contributed by atoms with Crippen LogP contribution in [0.2, 0.25) is 0 Å². The fourth-order valence-electron chi connectivity index (χ4n) is 4.57. The molecular formula is C23H30N2O3. The summed E-state index contributed by atoms with van der Waals surface area (Å²) in [6.07, 6.45) is 6.06. The van der Waals surface area contributed by atoms with Crippen molar-refractivity contribution >= 4 is 16.7 Å². The van der Waals surface area contributed by atoms with E-state index in [-0.39, 0.29) is 24.7 Å². The number of likely N-dealkylation sites (tertiary alicyclic amines) is 1. The Morgan fingerprint density at radius 3 is 2.57 bits per heavy atom. The molecule has 0 bridgehead atoms. The minimum atomic E-state index is -0.185. The summed E-state index contributed by atoms with van der Waals surface area (Å²) in [5, 5.41) is 15.6. The lowest BCUT2D eigenvalue weighted by molar-refractivity contribution is -0.124. The monoisotopic (exact) mass is 382 g/mol. The second-order valence-corrected chi connectivity index (χ2v) is 8.09. The number of piperidine rings is 1. The minimum Gasteiger partial charge on any atom is -0.484 e. The number of benzene rings is 2. The molecule has 0 unspecified atom stereocenters. The molecule has 150 valence electrons. The Hall–Kier alpha value is -2.11. The van der Waals surface area contributed by atoms with Crippen molar-refractivity contribution in [1.29, 1.82) is 0 Å². The molecule has 2 N–H and O–H groups in total. The Morgan fingerprint density at radius 1 is 1.04 bits per heavy atom. The van der Waals surface area contributed by atoms with Gasteiger partial charge in [-0.05, 0) is 48.6 Å². The van der Waals surface area contributed by atoms with Crippen molar-refractivity contribution < 1.29 is 14.6 Å². The number of carbonyl (C=O) groups is 1. The van der Waals surface area contributed by atoms with Gasteiger partial charge < -0.3 is 15.2 Å². The number of amides is 1. The van der Waals surface area contributed by atoms with E-state index in [1.807, 2.05) is 36.4 Å². The maximum absolute atomic E-state index is 12.3. The molecule has 2 atom stereocenters. The molecule has 1 amide bonds. The van der Waals surface area contributed by atoms with Crippen molar-refractivity contribution in [2.75, 3.05) is 19.7 Å². The standard InChI is InChI=1S/C23H30N2O3/c26-22-8-4-3-7-21(22)25-13-11-19(12-14-25)24-23(27)16-28-20-10-9-17-5-1-2-6-18(17)15-20/h1-2,5-6,9-10,15,19,21-22,26H,3-4,7-8,11-14,16H2,(H,24,27)/t21-,22-/m0/s1. The molecule has 1 heterocycles. The summed E-state index contributed by atoms with van der Waals surface area (Å²) >= 11 is 0. The number of hydrogen-bond acceptors (Lipinski definition) is 4. The first-order chi connectivity index (χ1) is 13.7. The Bertz CT molecular complexity index is 801. The number of nitrogens with zero attached hydrogens (tertiary/aromatic N) is 1. The molecule has 1 aliphatic heterocycles. The number of carbonyl (C=O) groups excluding carboxylic acids is 1. The van der Waals surface area contributed by atoms with Gasteiger partial charge in [0.25, 0.3) is 5.91 Å². The summed E-state index contributed by atoms with van der Waals surface area (Å²) in [7, 11) is 0. The Kier molecular flexibility index (Phi) is 6.13. The molecule has 0 aromatic heterocycles. The lowest BCUT2D eigenvalue weighted by Crippen LogP contribution is -2.52. The fourth-order valence-corrected chi connectivity index (χ4v) is 4.57. The van der Waals surface area contributed by atoms with Gasteiger partial charge in [0, 0.05) is 25.2 Å². The molecule has 1 saturated carbocycles. The SMILES string of the molecule is O=C(COc1ccc2ccccc2c1)NC1CCN([C@H]2CCCC[C@@H]2O)CC1. The van der Waals surface area contributed by atoms with Gasteiger partial charge in [0.05, 0.1) is 6.10 Å². The zero-order valence-corrected chi connectivity index (χ0v) is 16.3. The van der Waals surface area contributed by atoms with Gasteiger partial charge in [0.2, 0.25) is 0 Å². The molecule has 5 nitrogen and oxygen atoms in total. The predicted octanol–water partition coefficient (Wildman–Crippen LogP) is 3.10. The van der Waals surface area contributed by atoms with Crippen LogP contribution in [0.1, 0.15) is 38.5 Å². The van der Waals surface area contributed by atoms with Gasteiger partial charge in [-0.3, -0.25) is 9.69 Å². The van der Waals surface area contributed by atoms with Crippen molar-refractivity contribution in [2.24, 2.45) is 0 Å². The van der Waals surface area contributed by atoms with Crippen molar-refractivity contribution in [2.45, 2.75) is 56.7 Å². The third-order valence-corrected chi connectivity index (χ3v) is 6.15. The van der Waals surface area contributed by atoms with E-state index < -0.39 is 0 Å². The van der Waals surface area contributed by atoms with E-state index in [1.165, 1.54) is 6.42 Å². The number of hydrogen-bond donors (Lipinski definition) is 2. The summed E-state index contributed by atoms with van der Waals surface area (Å²) in [5.41, 5.74) is 0. The highest BCUT2D eigenvalue weighted by Gasteiger charge is 2.31. The predicted molar refractivity (Wildman–Crippen MR) is 110 cm³/mol. The molecule has 5 heteroatoms. The number of rotatable bonds is 5. The van der Waals surface area contributed by atoms with Crippen LogP contribution in [-0.2, 0) is 4.79 Å². The van der Waals surface area contributed by atoms with Gasteiger partial charge in [-0.15, -0.1) is 0 Å². The molecule has 2 aliphatic rings. The van der Waals surface area contributed by atoms with E-state index in [9.17, 15) is 9.90 Å². The first-order valence-electron chi connectivity index (χ1n) is 10.5. The van der Waals surface area contributed by atoms with Crippen LogP contribution < -0.4 is 10.1 Å². The van der Waals surface area contributed by atoms with Crippen LogP contribution in [-0.4, -0.2) is 53.8 Å². The Labute approximate surface area is 166 Å². The Balaban J connectivity index is 1.22. The van der Waals surface area contributed by atoms with Crippen molar-refractivity contribution in [3.05, 3.63) is 42.5 Å². The first-order valence-corrected chi connectivity index (χ1v) is 10.5. The summed E-state index contributed by atoms with van der Waals surface area (Å²) in [6, 6.07) is 14.5. The van der Waals surface area contributed by atoms with E-state index >= 15 is 0 Å².